The van der Waals surface area contributed by atoms with Crippen molar-refractivity contribution in [1.82, 2.24) is 0 Å². The lowest BCUT2D eigenvalue weighted by Gasteiger charge is -2.15. The molecule has 1 atom stereocenters. The molecule has 0 N–H and O–H groups in total. The lowest BCUT2D eigenvalue weighted by Crippen LogP contribution is -2.18. The van der Waals surface area contributed by atoms with Crippen LogP contribution in [0.15, 0.2) is 18.2 Å². The van der Waals surface area contributed by atoms with E-state index in [4.69, 9.17) is 0 Å². The molecule has 13 heavy (non-hydrogen) atoms. The molecule has 0 aliphatic heterocycles. The van der Waals surface area contributed by atoms with Gasteiger partial charge in [-0.05, 0) is 18.1 Å². The van der Waals surface area contributed by atoms with Crippen LogP contribution in [-0.2, 0) is 12.3 Å². The zero-order valence-electron chi connectivity index (χ0n) is 7.15. The molecule has 0 spiro atoms. The molecule has 2 rings (SSSR count). The fraction of sp³-hybridized carbons (Fsp3) is 0.400. The van der Waals surface area contributed by atoms with E-state index in [9.17, 15) is 13.2 Å². The second-order valence-corrected chi connectivity index (χ2v) is 3.50. The fourth-order valence-corrected chi connectivity index (χ4v) is 1.82. The molecule has 70 valence electrons. The summed E-state index contributed by atoms with van der Waals surface area (Å²) in [7, 11) is 0. The second-order valence-electron chi connectivity index (χ2n) is 3.50. The smallest absolute Gasteiger partial charge is 0.206 e. The van der Waals surface area contributed by atoms with Crippen molar-refractivity contribution in [3.63, 3.8) is 0 Å². The predicted molar refractivity (Wildman–Crippen MR) is 43.2 cm³/mol. The van der Waals surface area contributed by atoms with Crippen molar-refractivity contribution in [2.24, 2.45) is 5.92 Å². The standard InChI is InChI=1S/C10H9F3/c1-6-5-7-3-2-4-8(11)9(7)10(6,12)13/h2-4,6H,5H2,1H3. The third-order valence-electron chi connectivity index (χ3n) is 2.58. The van der Waals surface area contributed by atoms with E-state index in [1.165, 1.54) is 13.0 Å². The first-order chi connectivity index (χ1) is 6.03. The quantitative estimate of drug-likeness (QED) is 0.584. The molecule has 3 heteroatoms. The van der Waals surface area contributed by atoms with Crippen LogP contribution in [-0.4, -0.2) is 0 Å². The van der Waals surface area contributed by atoms with E-state index in [1.807, 2.05) is 0 Å². The van der Waals surface area contributed by atoms with Crippen LogP contribution in [0.4, 0.5) is 13.2 Å². The van der Waals surface area contributed by atoms with Gasteiger partial charge in [-0.25, -0.2) is 13.2 Å². The highest BCUT2D eigenvalue weighted by Gasteiger charge is 2.47. The van der Waals surface area contributed by atoms with Crippen molar-refractivity contribution in [1.29, 1.82) is 0 Å². The molecule has 0 nitrogen and oxygen atoms in total. The molecule has 1 aromatic carbocycles. The van der Waals surface area contributed by atoms with Crippen LogP contribution < -0.4 is 0 Å². The third-order valence-corrected chi connectivity index (χ3v) is 2.58. The van der Waals surface area contributed by atoms with E-state index >= 15 is 0 Å². The van der Waals surface area contributed by atoms with Crippen molar-refractivity contribution in [3.05, 3.63) is 35.1 Å². The van der Waals surface area contributed by atoms with E-state index in [1.54, 1.807) is 6.07 Å². The summed E-state index contributed by atoms with van der Waals surface area (Å²) in [5.41, 5.74) is 0.0417. The van der Waals surface area contributed by atoms with Crippen LogP contribution in [0.3, 0.4) is 0 Å². The molecule has 0 saturated heterocycles. The first kappa shape index (κ1) is 8.60. The maximum Gasteiger partial charge on any atom is 0.279 e. The Labute approximate surface area is 74.4 Å². The van der Waals surface area contributed by atoms with Crippen molar-refractivity contribution in [2.75, 3.05) is 0 Å². The third kappa shape index (κ3) is 1.06. The predicted octanol–water partition coefficient (Wildman–Crippen LogP) is 3.11. The SMILES string of the molecule is CC1Cc2cccc(F)c2C1(F)F. The summed E-state index contributed by atoms with van der Waals surface area (Å²) in [5, 5.41) is 0. The van der Waals surface area contributed by atoms with E-state index in [0.29, 0.717) is 5.56 Å². The summed E-state index contributed by atoms with van der Waals surface area (Å²) >= 11 is 0. The highest BCUT2D eigenvalue weighted by molar-refractivity contribution is 5.37. The number of rotatable bonds is 0. The first-order valence-electron chi connectivity index (χ1n) is 4.19. The molecule has 0 aromatic heterocycles. The number of benzene rings is 1. The molecule has 0 fully saturated rings. The van der Waals surface area contributed by atoms with Gasteiger partial charge in [-0.15, -0.1) is 0 Å². The Morgan fingerprint density at radius 2 is 2.08 bits per heavy atom. The van der Waals surface area contributed by atoms with Crippen LogP contribution in [0.2, 0.25) is 0 Å². The molecule has 0 radical (unpaired) electrons. The Hall–Kier alpha value is -0.990. The minimum atomic E-state index is -3.00. The minimum Gasteiger partial charge on any atom is -0.206 e. The summed E-state index contributed by atoms with van der Waals surface area (Å²) in [4.78, 5) is 0. The van der Waals surface area contributed by atoms with Crippen LogP contribution in [0.25, 0.3) is 0 Å². The first-order valence-corrected chi connectivity index (χ1v) is 4.19. The largest absolute Gasteiger partial charge is 0.279 e. The molecule has 0 bridgehead atoms. The highest BCUT2D eigenvalue weighted by Crippen LogP contribution is 2.46. The van der Waals surface area contributed by atoms with Gasteiger partial charge in [0.2, 0.25) is 0 Å². The van der Waals surface area contributed by atoms with Crippen molar-refractivity contribution >= 4 is 0 Å². The van der Waals surface area contributed by atoms with Gasteiger partial charge in [0.15, 0.2) is 0 Å². The molecular formula is C10H9F3. The monoisotopic (exact) mass is 186 g/mol. The van der Waals surface area contributed by atoms with Crippen LogP contribution in [0.5, 0.6) is 0 Å². The van der Waals surface area contributed by atoms with E-state index < -0.39 is 23.2 Å². The van der Waals surface area contributed by atoms with E-state index in [2.05, 4.69) is 0 Å². The molecular weight excluding hydrogens is 177 g/mol. The Bertz CT molecular complexity index is 344. The summed E-state index contributed by atoms with van der Waals surface area (Å²) in [5.74, 6) is -4.58. The average molecular weight is 186 g/mol. The van der Waals surface area contributed by atoms with Gasteiger partial charge in [-0.1, -0.05) is 19.1 Å². The number of halogens is 3. The fourth-order valence-electron chi connectivity index (χ4n) is 1.82. The van der Waals surface area contributed by atoms with E-state index in [-0.39, 0.29) is 6.42 Å². The van der Waals surface area contributed by atoms with E-state index in [0.717, 1.165) is 6.07 Å². The normalized spacial score (nSPS) is 24.5. The number of hydrogen-bond acceptors (Lipinski definition) is 0. The van der Waals surface area contributed by atoms with Gasteiger partial charge in [-0.3, -0.25) is 0 Å². The summed E-state index contributed by atoms with van der Waals surface area (Å²) in [6.45, 7) is 1.44. The summed E-state index contributed by atoms with van der Waals surface area (Å²) in [6, 6.07) is 4.13. The number of fused-ring (bicyclic) bond motifs is 1. The van der Waals surface area contributed by atoms with Gasteiger partial charge in [-0.2, -0.15) is 0 Å². The van der Waals surface area contributed by atoms with Crippen molar-refractivity contribution < 1.29 is 13.2 Å². The van der Waals surface area contributed by atoms with Crippen LogP contribution in [0.1, 0.15) is 18.1 Å². The second kappa shape index (κ2) is 2.50. The topological polar surface area (TPSA) is 0 Å². The maximum absolute atomic E-state index is 13.4. The molecule has 0 saturated carbocycles. The van der Waals surface area contributed by atoms with Gasteiger partial charge >= 0.3 is 0 Å². The van der Waals surface area contributed by atoms with Crippen LogP contribution in [0, 0.1) is 11.7 Å². The maximum atomic E-state index is 13.4. The Morgan fingerprint density at radius 3 is 2.69 bits per heavy atom. The lowest BCUT2D eigenvalue weighted by molar-refractivity contribution is -0.0477. The Morgan fingerprint density at radius 1 is 1.38 bits per heavy atom. The molecule has 1 aliphatic carbocycles. The van der Waals surface area contributed by atoms with Gasteiger partial charge < -0.3 is 0 Å². The van der Waals surface area contributed by atoms with Gasteiger partial charge in [0.05, 0.1) is 5.56 Å². The number of alkyl halides is 2. The zero-order chi connectivity index (χ0) is 9.64. The van der Waals surface area contributed by atoms with Gasteiger partial charge in [0, 0.05) is 5.92 Å². The van der Waals surface area contributed by atoms with Gasteiger partial charge in [0.1, 0.15) is 5.82 Å². The average Bonchev–Trinajstić information content (AvgIpc) is 2.24. The molecule has 1 aliphatic rings. The molecule has 0 heterocycles. The highest BCUT2D eigenvalue weighted by atomic mass is 19.3. The van der Waals surface area contributed by atoms with Crippen LogP contribution >= 0.6 is 0 Å². The Kier molecular flexibility index (Phi) is 1.65. The summed E-state index contributed by atoms with van der Waals surface area (Å²) < 4.78 is 39.8. The van der Waals surface area contributed by atoms with Crippen molar-refractivity contribution in [3.8, 4) is 0 Å². The molecule has 1 unspecified atom stereocenters. The van der Waals surface area contributed by atoms with Crippen molar-refractivity contribution in [2.45, 2.75) is 19.3 Å². The van der Waals surface area contributed by atoms with Gasteiger partial charge in [0.25, 0.3) is 5.92 Å². The number of hydrogen-bond donors (Lipinski definition) is 0. The summed E-state index contributed by atoms with van der Waals surface area (Å²) in [6.07, 6.45) is 0.264. The molecule has 1 aromatic rings. The lowest BCUT2D eigenvalue weighted by atomic mass is 10.1. The minimum absolute atomic E-state index is 0.264. The molecule has 0 amide bonds. The zero-order valence-corrected chi connectivity index (χ0v) is 7.15. The Balaban J connectivity index is 2.63.